The molecule has 0 radical (unpaired) electrons. The van der Waals surface area contributed by atoms with E-state index in [0.29, 0.717) is 5.56 Å². The lowest BCUT2D eigenvalue weighted by molar-refractivity contribution is -0.137. The molecular weight excluding hydrogens is 243 g/mol. The van der Waals surface area contributed by atoms with Gasteiger partial charge in [0.1, 0.15) is 0 Å². The first kappa shape index (κ1) is 13.8. The summed E-state index contributed by atoms with van der Waals surface area (Å²) in [5.41, 5.74) is -0.227. The van der Waals surface area contributed by atoms with Crippen molar-refractivity contribution in [2.24, 2.45) is 0 Å². The van der Waals surface area contributed by atoms with Gasteiger partial charge in [-0.15, -0.1) is 6.42 Å². The first-order valence-corrected chi connectivity index (χ1v) is 5.00. The van der Waals surface area contributed by atoms with E-state index in [0.717, 1.165) is 12.1 Å². The smallest absolute Gasteiger partial charge is 0.342 e. The van der Waals surface area contributed by atoms with Gasteiger partial charge in [0.05, 0.1) is 12.1 Å². The Morgan fingerprint density at radius 1 is 1.33 bits per heavy atom. The maximum atomic E-state index is 12.3. The van der Waals surface area contributed by atoms with Crippen LogP contribution in [0.4, 0.5) is 13.2 Å². The highest BCUT2D eigenvalue weighted by molar-refractivity contribution is 5.91. The molecule has 1 aromatic rings. The number of halogens is 3. The number of hydrogen-bond donors (Lipinski definition) is 1. The summed E-state index contributed by atoms with van der Waals surface area (Å²) in [6.45, 7) is 0.107. The van der Waals surface area contributed by atoms with Gasteiger partial charge in [-0.05, 0) is 23.8 Å². The van der Waals surface area contributed by atoms with Crippen LogP contribution in [0.5, 0.6) is 0 Å². The van der Waals surface area contributed by atoms with Crippen molar-refractivity contribution in [3.8, 4) is 12.3 Å². The van der Waals surface area contributed by atoms with E-state index in [4.69, 9.17) is 6.42 Å². The SMILES string of the molecule is C#CCNC(=O)/C=C/c1ccc(C(F)(F)F)cc1. The van der Waals surface area contributed by atoms with Crippen molar-refractivity contribution in [2.45, 2.75) is 6.18 Å². The van der Waals surface area contributed by atoms with Crippen LogP contribution in [0.2, 0.25) is 0 Å². The van der Waals surface area contributed by atoms with Crippen molar-refractivity contribution in [3.05, 3.63) is 41.5 Å². The number of benzene rings is 1. The number of alkyl halides is 3. The number of hydrogen-bond acceptors (Lipinski definition) is 1. The van der Waals surface area contributed by atoms with E-state index in [-0.39, 0.29) is 6.54 Å². The summed E-state index contributed by atoms with van der Waals surface area (Å²) in [5, 5.41) is 2.40. The summed E-state index contributed by atoms with van der Waals surface area (Å²) in [7, 11) is 0. The number of nitrogens with one attached hydrogen (secondary N) is 1. The predicted octanol–water partition coefficient (Wildman–Crippen LogP) is 2.47. The second kappa shape index (κ2) is 5.92. The Kier molecular flexibility index (Phi) is 4.55. The molecule has 0 atom stereocenters. The number of amides is 1. The standard InChI is InChI=1S/C13H10F3NO/c1-2-9-17-12(18)8-5-10-3-6-11(7-4-10)13(14,15)16/h1,3-8H,9H2,(H,17,18)/b8-5+. The second-order valence-electron chi connectivity index (χ2n) is 3.38. The molecule has 0 bridgehead atoms. The average molecular weight is 253 g/mol. The van der Waals surface area contributed by atoms with Crippen molar-refractivity contribution in [1.29, 1.82) is 0 Å². The third-order valence-electron chi connectivity index (χ3n) is 2.03. The maximum Gasteiger partial charge on any atom is 0.416 e. The molecular formula is C13H10F3NO. The van der Waals surface area contributed by atoms with E-state index in [1.165, 1.54) is 24.3 Å². The summed E-state index contributed by atoms with van der Waals surface area (Å²) in [6, 6.07) is 4.49. The Balaban J connectivity index is 2.67. The fourth-order valence-corrected chi connectivity index (χ4v) is 1.15. The molecule has 1 rings (SSSR count). The minimum absolute atomic E-state index is 0.107. The molecule has 0 unspecified atom stereocenters. The van der Waals surface area contributed by atoms with Crippen LogP contribution in [0.3, 0.4) is 0 Å². The topological polar surface area (TPSA) is 29.1 Å². The zero-order valence-corrected chi connectivity index (χ0v) is 9.29. The third-order valence-corrected chi connectivity index (χ3v) is 2.03. The molecule has 1 aromatic carbocycles. The molecule has 0 aromatic heterocycles. The van der Waals surface area contributed by atoms with Crippen LogP contribution < -0.4 is 5.32 Å². The molecule has 0 aliphatic heterocycles. The van der Waals surface area contributed by atoms with Gasteiger partial charge in [0, 0.05) is 6.08 Å². The van der Waals surface area contributed by atoms with Crippen molar-refractivity contribution >= 4 is 12.0 Å². The highest BCUT2D eigenvalue weighted by Crippen LogP contribution is 2.29. The zero-order chi connectivity index (χ0) is 13.6. The van der Waals surface area contributed by atoms with Gasteiger partial charge in [0.2, 0.25) is 5.91 Å². The molecule has 0 spiro atoms. The fourth-order valence-electron chi connectivity index (χ4n) is 1.15. The van der Waals surface area contributed by atoms with Crippen LogP contribution in [0, 0.1) is 12.3 Å². The van der Waals surface area contributed by atoms with Crippen molar-refractivity contribution in [2.75, 3.05) is 6.54 Å². The first-order chi connectivity index (χ1) is 8.43. The van der Waals surface area contributed by atoms with Crippen LogP contribution in [-0.2, 0) is 11.0 Å². The van der Waals surface area contributed by atoms with Gasteiger partial charge in [0.25, 0.3) is 0 Å². The Morgan fingerprint density at radius 3 is 2.44 bits per heavy atom. The zero-order valence-electron chi connectivity index (χ0n) is 9.29. The minimum Gasteiger partial charge on any atom is -0.342 e. The molecule has 94 valence electrons. The molecule has 1 amide bonds. The summed E-state index contributed by atoms with van der Waals surface area (Å²) >= 11 is 0. The van der Waals surface area contributed by atoms with Crippen LogP contribution in [0.15, 0.2) is 30.3 Å². The minimum atomic E-state index is -4.35. The van der Waals surface area contributed by atoms with Crippen LogP contribution in [0.25, 0.3) is 6.08 Å². The highest BCUT2D eigenvalue weighted by atomic mass is 19.4. The van der Waals surface area contributed by atoms with Crippen LogP contribution >= 0.6 is 0 Å². The van der Waals surface area contributed by atoms with Crippen molar-refractivity contribution < 1.29 is 18.0 Å². The Bertz CT molecular complexity index is 480. The van der Waals surface area contributed by atoms with Gasteiger partial charge in [-0.2, -0.15) is 13.2 Å². The monoisotopic (exact) mass is 253 g/mol. The Hall–Kier alpha value is -2.22. The van der Waals surface area contributed by atoms with Gasteiger partial charge in [-0.1, -0.05) is 18.1 Å². The lowest BCUT2D eigenvalue weighted by Crippen LogP contribution is -2.20. The largest absolute Gasteiger partial charge is 0.416 e. The normalized spacial score (nSPS) is 11.2. The van der Waals surface area contributed by atoms with Crippen molar-refractivity contribution in [1.82, 2.24) is 5.32 Å². The van der Waals surface area contributed by atoms with E-state index in [1.807, 2.05) is 0 Å². The van der Waals surface area contributed by atoms with E-state index < -0.39 is 17.6 Å². The predicted molar refractivity (Wildman–Crippen MR) is 62.3 cm³/mol. The molecule has 0 saturated heterocycles. The molecule has 0 saturated carbocycles. The summed E-state index contributed by atoms with van der Waals surface area (Å²) < 4.78 is 36.8. The number of carbonyl (C=O) groups is 1. The van der Waals surface area contributed by atoms with Crippen LogP contribution in [-0.4, -0.2) is 12.5 Å². The molecule has 18 heavy (non-hydrogen) atoms. The lowest BCUT2D eigenvalue weighted by atomic mass is 10.1. The number of terminal acetylenes is 1. The van der Waals surface area contributed by atoms with Gasteiger partial charge in [-0.25, -0.2) is 0 Å². The van der Waals surface area contributed by atoms with Crippen molar-refractivity contribution in [3.63, 3.8) is 0 Å². The summed E-state index contributed by atoms with van der Waals surface area (Å²) in [5.74, 6) is 1.83. The third kappa shape index (κ3) is 4.34. The van der Waals surface area contributed by atoms with E-state index in [1.54, 1.807) is 0 Å². The molecule has 0 aliphatic rings. The van der Waals surface area contributed by atoms with E-state index in [2.05, 4.69) is 11.2 Å². The number of rotatable bonds is 3. The van der Waals surface area contributed by atoms with Crippen LogP contribution in [0.1, 0.15) is 11.1 Å². The molecule has 2 nitrogen and oxygen atoms in total. The average Bonchev–Trinajstić information content (AvgIpc) is 2.33. The molecule has 0 fully saturated rings. The van der Waals surface area contributed by atoms with E-state index in [9.17, 15) is 18.0 Å². The summed E-state index contributed by atoms with van der Waals surface area (Å²) in [4.78, 5) is 11.1. The quantitative estimate of drug-likeness (QED) is 0.650. The van der Waals surface area contributed by atoms with Gasteiger partial charge in [0.15, 0.2) is 0 Å². The lowest BCUT2D eigenvalue weighted by Gasteiger charge is -2.05. The van der Waals surface area contributed by atoms with Gasteiger partial charge < -0.3 is 5.32 Å². The molecule has 1 N–H and O–H groups in total. The van der Waals surface area contributed by atoms with Gasteiger partial charge >= 0.3 is 6.18 Å². The second-order valence-corrected chi connectivity index (χ2v) is 3.38. The Labute approximate surface area is 103 Å². The number of carbonyl (C=O) groups excluding carboxylic acids is 1. The molecule has 0 heterocycles. The fraction of sp³-hybridized carbons (Fsp3) is 0.154. The summed E-state index contributed by atoms with van der Waals surface area (Å²) in [6.07, 6.45) is 3.21. The highest BCUT2D eigenvalue weighted by Gasteiger charge is 2.29. The van der Waals surface area contributed by atoms with Gasteiger partial charge in [-0.3, -0.25) is 4.79 Å². The van der Waals surface area contributed by atoms with E-state index >= 15 is 0 Å². The first-order valence-electron chi connectivity index (χ1n) is 5.00. The molecule has 0 aliphatic carbocycles. The maximum absolute atomic E-state index is 12.3. The Morgan fingerprint density at radius 2 is 1.94 bits per heavy atom. The molecule has 5 heteroatoms.